The van der Waals surface area contributed by atoms with Crippen molar-refractivity contribution < 1.29 is 13.2 Å². The van der Waals surface area contributed by atoms with Crippen LogP contribution >= 0.6 is 23.2 Å². The van der Waals surface area contributed by atoms with Gasteiger partial charge >= 0.3 is 6.18 Å². The molecule has 1 fully saturated rings. The van der Waals surface area contributed by atoms with Gasteiger partial charge in [0.15, 0.2) is 0 Å². The number of rotatable bonds is 3. The van der Waals surface area contributed by atoms with Gasteiger partial charge in [-0.05, 0) is 6.07 Å². The van der Waals surface area contributed by atoms with E-state index in [0.717, 1.165) is 5.56 Å². The van der Waals surface area contributed by atoms with Crippen LogP contribution in [0.1, 0.15) is 5.56 Å². The molecule has 1 aromatic rings. The molecule has 0 bridgehead atoms. The van der Waals surface area contributed by atoms with Crippen LogP contribution in [0.4, 0.5) is 13.2 Å². The molecule has 0 radical (unpaired) electrons. The van der Waals surface area contributed by atoms with Crippen LogP contribution < -0.4 is 0 Å². The van der Waals surface area contributed by atoms with Crippen LogP contribution in [0.2, 0.25) is 10.3 Å². The van der Waals surface area contributed by atoms with Crippen molar-refractivity contribution >= 4 is 23.2 Å². The summed E-state index contributed by atoms with van der Waals surface area (Å²) in [7, 11) is 0. The lowest BCUT2D eigenvalue weighted by Gasteiger charge is -2.35. The maximum Gasteiger partial charge on any atom is 0.401 e. The molecule has 2 rings (SSSR count). The molecule has 1 aromatic heterocycles. The Hall–Kier alpha value is -0.560. The fourth-order valence-electron chi connectivity index (χ4n) is 2.16. The highest BCUT2D eigenvalue weighted by Crippen LogP contribution is 2.20. The van der Waals surface area contributed by atoms with Crippen molar-refractivity contribution in [2.75, 3.05) is 32.7 Å². The average Bonchev–Trinajstić information content (AvgIpc) is 2.33. The Balaban J connectivity index is 1.85. The number of nitrogens with zero attached hydrogens (tertiary/aromatic N) is 3. The monoisotopic (exact) mass is 327 g/mol. The Morgan fingerprint density at radius 1 is 1.05 bits per heavy atom. The number of halogens is 5. The van der Waals surface area contributed by atoms with Gasteiger partial charge in [-0.1, -0.05) is 29.3 Å². The lowest BCUT2D eigenvalue weighted by Crippen LogP contribution is -2.48. The van der Waals surface area contributed by atoms with Gasteiger partial charge in [0.05, 0.1) is 6.54 Å². The second kappa shape index (κ2) is 6.47. The topological polar surface area (TPSA) is 19.4 Å². The first-order valence-corrected chi connectivity index (χ1v) is 6.91. The Morgan fingerprint density at radius 2 is 1.65 bits per heavy atom. The smallest absolute Gasteiger partial charge is 0.296 e. The minimum absolute atomic E-state index is 0.328. The number of pyridine rings is 1. The van der Waals surface area contributed by atoms with E-state index in [0.29, 0.717) is 43.0 Å². The highest BCUT2D eigenvalue weighted by atomic mass is 35.5. The maximum atomic E-state index is 12.3. The highest BCUT2D eigenvalue weighted by Gasteiger charge is 2.32. The molecule has 0 atom stereocenters. The van der Waals surface area contributed by atoms with Crippen molar-refractivity contribution in [1.82, 2.24) is 14.8 Å². The zero-order chi connectivity index (χ0) is 14.8. The van der Waals surface area contributed by atoms with Gasteiger partial charge in [-0.3, -0.25) is 9.80 Å². The van der Waals surface area contributed by atoms with Crippen LogP contribution in [0, 0.1) is 0 Å². The summed E-state index contributed by atoms with van der Waals surface area (Å²) in [6.45, 7) is 1.69. The first-order valence-electron chi connectivity index (χ1n) is 6.16. The molecule has 0 amide bonds. The van der Waals surface area contributed by atoms with E-state index in [1.807, 2.05) is 0 Å². The molecular formula is C12H14Cl2F3N3. The second-order valence-corrected chi connectivity index (χ2v) is 5.50. The molecule has 20 heavy (non-hydrogen) atoms. The fraction of sp³-hybridized carbons (Fsp3) is 0.583. The van der Waals surface area contributed by atoms with Gasteiger partial charge in [0.25, 0.3) is 0 Å². The predicted octanol–water partition coefficient (Wildman–Crippen LogP) is 3.07. The van der Waals surface area contributed by atoms with Gasteiger partial charge in [0, 0.05) is 38.3 Å². The van der Waals surface area contributed by atoms with Crippen molar-refractivity contribution in [2.24, 2.45) is 0 Å². The number of hydrogen-bond acceptors (Lipinski definition) is 3. The molecule has 3 nitrogen and oxygen atoms in total. The second-order valence-electron chi connectivity index (χ2n) is 4.75. The molecule has 0 N–H and O–H groups in total. The summed E-state index contributed by atoms with van der Waals surface area (Å²) in [5.41, 5.74) is 0.834. The molecular weight excluding hydrogens is 314 g/mol. The minimum Gasteiger partial charge on any atom is -0.296 e. The highest BCUT2D eigenvalue weighted by molar-refractivity contribution is 6.32. The summed E-state index contributed by atoms with van der Waals surface area (Å²) in [6, 6.07) is 3.45. The predicted molar refractivity (Wildman–Crippen MR) is 72.0 cm³/mol. The summed E-state index contributed by atoms with van der Waals surface area (Å²) in [4.78, 5) is 7.42. The molecule has 1 aliphatic heterocycles. The van der Waals surface area contributed by atoms with Gasteiger partial charge in [0.1, 0.15) is 10.3 Å². The summed E-state index contributed by atoms with van der Waals surface area (Å²) in [6.07, 6.45) is -4.13. The summed E-state index contributed by atoms with van der Waals surface area (Å²) < 4.78 is 36.8. The van der Waals surface area contributed by atoms with Crippen molar-refractivity contribution in [3.63, 3.8) is 0 Å². The molecule has 0 aromatic carbocycles. The van der Waals surface area contributed by atoms with E-state index in [-0.39, 0.29) is 0 Å². The number of piperazine rings is 1. The van der Waals surface area contributed by atoms with E-state index in [2.05, 4.69) is 9.88 Å². The van der Waals surface area contributed by atoms with E-state index in [4.69, 9.17) is 23.2 Å². The Labute approximate surface area is 125 Å². The molecule has 1 saturated heterocycles. The standard InChI is InChI=1S/C12H14Cl2F3N3/c13-10-2-1-9(11(14)18-10)7-19-3-5-20(6-4-19)8-12(15,16)17/h1-2H,3-8H2. The molecule has 0 saturated carbocycles. The van der Waals surface area contributed by atoms with Gasteiger partial charge < -0.3 is 0 Å². The minimum atomic E-state index is -4.13. The van der Waals surface area contributed by atoms with Crippen LogP contribution in [0.25, 0.3) is 0 Å². The fourth-order valence-corrected chi connectivity index (χ4v) is 2.56. The van der Waals surface area contributed by atoms with Crippen LogP contribution in [-0.2, 0) is 6.54 Å². The maximum absolute atomic E-state index is 12.3. The zero-order valence-corrected chi connectivity index (χ0v) is 12.1. The molecule has 2 heterocycles. The van der Waals surface area contributed by atoms with E-state index >= 15 is 0 Å². The van der Waals surface area contributed by atoms with Crippen molar-refractivity contribution in [3.8, 4) is 0 Å². The lowest BCUT2D eigenvalue weighted by molar-refractivity contribution is -0.149. The van der Waals surface area contributed by atoms with E-state index < -0.39 is 12.7 Å². The third-order valence-corrected chi connectivity index (χ3v) is 3.69. The Morgan fingerprint density at radius 3 is 2.20 bits per heavy atom. The van der Waals surface area contributed by atoms with Gasteiger partial charge in [0.2, 0.25) is 0 Å². The van der Waals surface area contributed by atoms with Crippen LogP contribution in [0.3, 0.4) is 0 Å². The molecule has 0 spiro atoms. The summed E-state index contributed by atoms with van der Waals surface area (Å²) >= 11 is 11.7. The largest absolute Gasteiger partial charge is 0.401 e. The zero-order valence-electron chi connectivity index (χ0n) is 10.6. The van der Waals surface area contributed by atoms with Crippen molar-refractivity contribution in [1.29, 1.82) is 0 Å². The van der Waals surface area contributed by atoms with E-state index in [1.165, 1.54) is 4.90 Å². The third kappa shape index (κ3) is 4.77. The lowest BCUT2D eigenvalue weighted by atomic mass is 10.2. The van der Waals surface area contributed by atoms with E-state index in [9.17, 15) is 13.2 Å². The Bertz CT molecular complexity index is 460. The molecule has 0 aliphatic carbocycles. The van der Waals surface area contributed by atoms with E-state index in [1.54, 1.807) is 12.1 Å². The summed E-state index contributed by atoms with van der Waals surface area (Å²) in [5, 5.41) is 0.670. The van der Waals surface area contributed by atoms with Crippen molar-refractivity contribution in [3.05, 3.63) is 28.0 Å². The molecule has 112 valence electrons. The molecule has 1 aliphatic rings. The van der Waals surface area contributed by atoms with Crippen LogP contribution in [0.5, 0.6) is 0 Å². The Kier molecular flexibility index (Phi) is 5.12. The first kappa shape index (κ1) is 15.8. The van der Waals surface area contributed by atoms with Gasteiger partial charge in [-0.2, -0.15) is 13.2 Å². The van der Waals surface area contributed by atoms with Gasteiger partial charge in [-0.15, -0.1) is 0 Å². The first-order chi connectivity index (χ1) is 9.33. The summed E-state index contributed by atoms with van der Waals surface area (Å²) in [5.74, 6) is 0. The van der Waals surface area contributed by atoms with Crippen LogP contribution in [-0.4, -0.2) is 53.7 Å². The van der Waals surface area contributed by atoms with Gasteiger partial charge in [-0.25, -0.2) is 4.98 Å². The third-order valence-electron chi connectivity index (χ3n) is 3.15. The quantitative estimate of drug-likeness (QED) is 0.795. The SMILES string of the molecule is FC(F)(F)CN1CCN(Cc2ccc(Cl)nc2Cl)CC1. The normalized spacial score (nSPS) is 18.4. The van der Waals surface area contributed by atoms with Crippen LogP contribution in [0.15, 0.2) is 12.1 Å². The number of aromatic nitrogens is 1. The number of hydrogen-bond donors (Lipinski definition) is 0. The molecule has 0 unspecified atom stereocenters. The average molecular weight is 328 g/mol. The molecule has 8 heteroatoms. The number of alkyl halides is 3. The van der Waals surface area contributed by atoms with Crippen molar-refractivity contribution in [2.45, 2.75) is 12.7 Å².